The number of ether oxygens (including phenoxy) is 1. The fourth-order valence-corrected chi connectivity index (χ4v) is 1.51. The van der Waals surface area contributed by atoms with Crippen molar-refractivity contribution < 1.29 is 24.4 Å². The molecule has 1 unspecified atom stereocenters. The number of carbonyl (C=O) groups excluding carboxylic acids is 1. The number of carbonyl (C=O) groups is 2. The van der Waals surface area contributed by atoms with Gasteiger partial charge in [0.2, 0.25) is 0 Å². The Kier molecular flexibility index (Phi) is 5.15. The maximum Gasteiger partial charge on any atom is 0.334 e. The van der Waals surface area contributed by atoms with Gasteiger partial charge in [-0.15, -0.1) is 0 Å². The van der Waals surface area contributed by atoms with Crippen LogP contribution in [0.3, 0.4) is 0 Å². The average molecular weight is 282 g/mol. The van der Waals surface area contributed by atoms with Crippen molar-refractivity contribution in [2.75, 3.05) is 13.7 Å². The highest BCUT2D eigenvalue weighted by Crippen LogP contribution is 2.19. The lowest BCUT2D eigenvalue weighted by atomic mass is 10.1. The van der Waals surface area contributed by atoms with Crippen LogP contribution in [0, 0.1) is 17.0 Å². The zero-order valence-electron chi connectivity index (χ0n) is 11.0. The van der Waals surface area contributed by atoms with Crippen molar-refractivity contribution in [2.45, 2.75) is 13.0 Å². The highest BCUT2D eigenvalue weighted by atomic mass is 16.6. The van der Waals surface area contributed by atoms with Gasteiger partial charge in [-0.25, -0.2) is 4.79 Å². The number of aryl methyl sites for hydroxylation is 1. The van der Waals surface area contributed by atoms with Gasteiger partial charge in [-0.2, -0.15) is 0 Å². The number of carboxylic acid groups (broad SMARTS) is 1. The van der Waals surface area contributed by atoms with Crippen LogP contribution < -0.4 is 5.32 Å². The predicted molar refractivity (Wildman–Crippen MR) is 68.6 cm³/mol. The van der Waals surface area contributed by atoms with Gasteiger partial charge in [0.05, 0.1) is 11.5 Å². The average Bonchev–Trinajstić information content (AvgIpc) is 2.38. The maximum absolute atomic E-state index is 11.8. The molecule has 1 aromatic carbocycles. The monoisotopic (exact) mass is 282 g/mol. The zero-order chi connectivity index (χ0) is 15.3. The van der Waals surface area contributed by atoms with E-state index >= 15 is 0 Å². The van der Waals surface area contributed by atoms with Crippen LogP contribution in [-0.4, -0.2) is 41.7 Å². The molecule has 2 N–H and O–H groups in total. The van der Waals surface area contributed by atoms with E-state index in [2.05, 4.69) is 10.1 Å². The third-order valence-corrected chi connectivity index (χ3v) is 2.68. The number of nitrogens with one attached hydrogen (secondary N) is 1. The van der Waals surface area contributed by atoms with Crippen molar-refractivity contribution in [1.29, 1.82) is 0 Å². The van der Waals surface area contributed by atoms with Crippen LogP contribution in [0.2, 0.25) is 0 Å². The summed E-state index contributed by atoms with van der Waals surface area (Å²) in [6, 6.07) is 4.03. The number of benzene rings is 1. The first-order valence-electron chi connectivity index (χ1n) is 5.65. The van der Waals surface area contributed by atoms with Crippen LogP contribution in [0.5, 0.6) is 0 Å². The van der Waals surface area contributed by atoms with Gasteiger partial charge < -0.3 is 15.2 Å². The Bertz CT molecular complexity index is 543. The van der Waals surface area contributed by atoms with E-state index in [1.165, 1.54) is 19.2 Å². The molecule has 20 heavy (non-hydrogen) atoms. The summed E-state index contributed by atoms with van der Waals surface area (Å²) in [6.07, 6.45) is -1.17. The Hall–Kier alpha value is -2.48. The second-order valence-electron chi connectivity index (χ2n) is 4.03. The van der Waals surface area contributed by atoms with Gasteiger partial charge in [0.15, 0.2) is 6.10 Å². The van der Waals surface area contributed by atoms with E-state index in [4.69, 9.17) is 5.11 Å². The van der Waals surface area contributed by atoms with Gasteiger partial charge in [-0.1, -0.05) is 6.07 Å². The summed E-state index contributed by atoms with van der Waals surface area (Å²) in [5, 5.41) is 21.9. The van der Waals surface area contributed by atoms with Gasteiger partial charge in [-0.05, 0) is 13.0 Å². The number of hydrogen-bond donors (Lipinski definition) is 2. The molecule has 0 aliphatic heterocycles. The summed E-state index contributed by atoms with van der Waals surface area (Å²) in [5.74, 6) is -1.81. The fourth-order valence-electron chi connectivity index (χ4n) is 1.51. The number of aliphatic carboxylic acids is 1. The molecule has 8 nitrogen and oxygen atoms in total. The molecule has 1 aromatic rings. The molecule has 0 radical (unpaired) electrons. The van der Waals surface area contributed by atoms with Gasteiger partial charge in [-0.3, -0.25) is 14.9 Å². The van der Waals surface area contributed by atoms with Crippen LogP contribution in [0.15, 0.2) is 18.2 Å². The van der Waals surface area contributed by atoms with E-state index in [-0.39, 0.29) is 17.8 Å². The van der Waals surface area contributed by atoms with Gasteiger partial charge in [0.1, 0.15) is 0 Å². The molecule has 0 aliphatic rings. The molecule has 0 fully saturated rings. The van der Waals surface area contributed by atoms with Crippen molar-refractivity contribution >= 4 is 17.6 Å². The molecule has 0 heterocycles. The fraction of sp³-hybridized carbons (Fsp3) is 0.333. The third-order valence-electron chi connectivity index (χ3n) is 2.68. The summed E-state index contributed by atoms with van der Waals surface area (Å²) in [5.41, 5.74) is 0.355. The Morgan fingerprint density at radius 1 is 1.50 bits per heavy atom. The maximum atomic E-state index is 11.8. The van der Waals surface area contributed by atoms with Crippen LogP contribution in [0.4, 0.5) is 5.69 Å². The molecule has 0 spiro atoms. The molecule has 0 aromatic heterocycles. The van der Waals surface area contributed by atoms with Crippen molar-refractivity contribution in [3.8, 4) is 0 Å². The highest BCUT2D eigenvalue weighted by molar-refractivity contribution is 5.95. The second-order valence-corrected chi connectivity index (χ2v) is 4.03. The van der Waals surface area contributed by atoms with E-state index < -0.39 is 22.9 Å². The predicted octanol–water partition coefficient (Wildman–Crippen LogP) is 0.733. The number of carboxylic acids is 1. The summed E-state index contributed by atoms with van der Waals surface area (Å²) >= 11 is 0. The minimum absolute atomic E-state index is 0.0857. The Balaban J connectivity index is 2.80. The summed E-state index contributed by atoms with van der Waals surface area (Å²) in [6.45, 7) is 1.33. The largest absolute Gasteiger partial charge is 0.479 e. The van der Waals surface area contributed by atoms with E-state index in [0.29, 0.717) is 5.56 Å². The second kappa shape index (κ2) is 6.62. The van der Waals surface area contributed by atoms with E-state index in [1.54, 1.807) is 6.92 Å². The van der Waals surface area contributed by atoms with Crippen LogP contribution in [0.1, 0.15) is 15.9 Å². The number of nitro groups is 1. The van der Waals surface area contributed by atoms with Gasteiger partial charge in [0.25, 0.3) is 11.6 Å². The third kappa shape index (κ3) is 3.75. The quantitative estimate of drug-likeness (QED) is 0.586. The smallest absolute Gasteiger partial charge is 0.334 e. The molecule has 108 valence electrons. The highest BCUT2D eigenvalue weighted by Gasteiger charge is 2.19. The molecule has 0 aliphatic carbocycles. The van der Waals surface area contributed by atoms with Crippen LogP contribution in [0.25, 0.3) is 0 Å². The summed E-state index contributed by atoms with van der Waals surface area (Å²) in [7, 11) is 1.21. The van der Waals surface area contributed by atoms with Gasteiger partial charge in [0, 0.05) is 24.3 Å². The number of nitro benzene ring substituents is 1. The standard InChI is InChI=1S/C12H14N2O6/c1-7-3-4-8(5-9(7)14(18)19)11(15)13-6-10(20-2)12(16)17/h3-5,10H,6H2,1-2H3,(H,13,15)(H,16,17). The molecular weight excluding hydrogens is 268 g/mol. The Morgan fingerprint density at radius 2 is 2.15 bits per heavy atom. The minimum Gasteiger partial charge on any atom is -0.479 e. The molecule has 0 bridgehead atoms. The van der Waals surface area contributed by atoms with E-state index in [9.17, 15) is 19.7 Å². The Morgan fingerprint density at radius 3 is 2.65 bits per heavy atom. The molecule has 8 heteroatoms. The number of rotatable bonds is 6. The van der Waals surface area contributed by atoms with Crippen molar-refractivity contribution in [3.05, 3.63) is 39.4 Å². The lowest BCUT2D eigenvalue weighted by Gasteiger charge is -2.11. The lowest BCUT2D eigenvalue weighted by Crippen LogP contribution is -2.37. The topological polar surface area (TPSA) is 119 Å². The molecule has 1 rings (SSSR count). The lowest BCUT2D eigenvalue weighted by molar-refractivity contribution is -0.385. The van der Waals surface area contributed by atoms with Crippen LogP contribution >= 0.6 is 0 Å². The first kappa shape index (κ1) is 15.6. The van der Waals surface area contributed by atoms with Crippen molar-refractivity contribution in [3.63, 3.8) is 0 Å². The number of methoxy groups -OCH3 is 1. The number of nitrogens with zero attached hydrogens (tertiary/aromatic N) is 1. The molecule has 1 amide bonds. The normalized spacial score (nSPS) is 11.7. The van der Waals surface area contributed by atoms with E-state index in [1.807, 2.05) is 0 Å². The zero-order valence-corrected chi connectivity index (χ0v) is 11.0. The molecule has 0 saturated carbocycles. The first-order valence-corrected chi connectivity index (χ1v) is 5.65. The minimum atomic E-state index is -1.21. The molecule has 0 saturated heterocycles. The number of hydrogen-bond acceptors (Lipinski definition) is 5. The summed E-state index contributed by atoms with van der Waals surface area (Å²) < 4.78 is 4.66. The molecule has 1 atom stereocenters. The molecular formula is C12H14N2O6. The van der Waals surface area contributed by atoms with Gasteiger partial charge >= 0.3 is 5.97 Å². The summed E-state index contributed by atoms with van der Waals surface area (Å²) in [4.78, 5) is 32.7. The SMILES string of the molecule is COC(CNC(=O)c1ccc(C)c([N+](=O)[O-])c1)C(=O)O. The van der Waals surface area contributed by atoms with Crippen LogP contribution in [-0.2, 0) is 9.53 Å². The first-order chi connectivity index (χ1) is 9.36. The Labute approximate surface area is 114 Å². The van der Waals surface area contributed by atoms with Crippen molar-refractivity contribution in [1.82, 2.24) is 5.32 Å². The van der Waals surface area contributed by atoms with Crippen molar-refractivity contribution in [2.24, 2.45) is 0 Å². The number of amides is 1. The van der Waals surface area contributed by atoms with E-state index in [0.717, 1.165) is 6.07 Å².